The van der Waals surface area contributed by atoms with E-state index in [2.05, 4.69) is 20.8 Å². The molecule has 0 aromatic rings. The summed E-state index contributed by atoms with van der Waals surface area (Å²) in [6, 6.07) is 0. The minimum atomic E-state index is 0.758. The second kappa shape index (κ2) is 4.11. The van der Waals surface area contributed by atoms with Crippen LogP contribution in [0, 0.1) is 16.7 Å². The van der Waals surface area contributed by atoms with Crippen molar-refractivity contribution in [1.29, 1.82) is 0 Å². The zero-order chi connectivity index (χ0) is 10.9. The van der Waals surface area contributed by atoms with Gasteiger partial charge in [0, 0.05) is 0 Å². The van der Waals surface area contributed by atoms with Gasteiger partial charge in [0.1, 0.15) is 0 Å². The molecule has 3 fully saturated rings. The van der Waals surface area contributed by atoms with Gasteiger partial charge in [-0.05, 0) is 61.7 Å². The van der Waals surface area contributed by atoms with Crippen molar-refractivity contribution in [3.8, 4) is 0 Å². The van der Waals surface area contributed by atoms with Crippen LogP contribution in [0.15, 0.2) is 0 Å². The molecule has 0 aromatic carbocycles. The van der Waals surface area contributed by atoms with Crippen molar-refractivity contribution in [2.75, 3.05) is 0 Å². The average Bonchev–Trinajstić information content (AvgIpc) is 2.29. The van der Waals surface area contributed by atoms with Crippen molar-refractivity contribution in [1.82, 2.24) is 0 Å². The van der Waals surface area contributed by atoms with Crippen molar-refractivity contribution in [3.05, 3.63) is 0 Å². The van der Waals surface area contributed by atoms with Gasteiger partial charge in [0.05, 0.1) is 0 Å². The van der Waals surface area contributed by atoms with Crippen LogP contribution in [0.5, 0.6) is 0 Å². The van der Waals surface area contributed by atoms with Crippen LogP contribution in [-0.4, -0.2) is 0 Å². The van der Waals surface area contributed by atoms with Gasteiger partial charge in [0.25, 0.3) is 0 Å². The third-order valence-corrected chi connectivity index (χ3v) is 5.75. The fourth-order valence-electron chi connectivity index (χ4n) is 4.09. The lowest BCUT2D eigenvalue weighted by Crippen LogP contribution is -2.44. The second-order valence-corrected chi connectivity index (χ2v) is 6.62. The van der Waals surface area contributed by atoms with E-state index in [1.54, 1.807) is 19.3 Å². The lowest BCUT2D eigenvalue weighted by atomic mass is 9.50. The van der Waals surface area contributed by atoms with Gasteiger partial charge >= 0.3 is 0 Å². The van der Waals surface area contributed by atoms with Crippen LogP contribution < -0.4 is 0 Å². The predicted molar refractivity (Wildman–Crippen MR) is 66.9 cm³/mol. The molecule has 88 valence electrons. The van der Waals surface area contributed by atoms with Crippen LogP contribution in [-0.2, 0) is 0 Å². The van der Waals surface area contributed by atoms with E-state index >= 15 is 0 Å². The Morgan fingerprint density at radius 3 is 1.87 bits per heavy atom. The highest BCUT2D eigenvalue weighted by Crippen LogP contribution is 2.61. The summed E-state index contributed by atoms with van der Waals surface area (Å²) in [6.45, 7) is 7.23. The molecule has 15 heavy (non-hydrogen) atoms. The van der Waals surface area contributed by atoms with Gasteiger partial charge in [-0.3, -0.25) is 0 Å². The molecule has 0 aliphatic heterocycles. The van der Waals surface area contributed by atoms with E-state index in [1.807, 2.05) is 0 Å². The van der Waals surface area contributed by atoms with E-state index in [0.29, 0.717) is 0 Å². The van der Waals surface area contributed by atoms with Crippen molar-refractivity contribution >= 4 is 0 Å². The molecular formula is C15H28. The Balaban J connectivity index is 1.98. The van der Waals surface area contributed by atoms with Gasteiger partial charge in [-0.15, -0.1) is 0 Å². The lowest BCUT2D eigenvalue weighted by molar-refractivity contribution is -0.0434. The van der Waals surface area contributed by atoms with Gasteiger partial charge in [-0.25, -0.2) is 0 Å². The first-order valence-electron chi connectivity index (χ1n) is 7.13. The summed E-state index contributed by atoms with van der Waals surface area (Å²) < 4.78 is 0. The highest BCUT2D eigenvalue weighted by atomic mass is 14.5. The molecule has 0 aromatic heterocycles. The summed E-state index contributed by atoms with van der Waals surface area (Å²) in [5, 5.41) is 0. The smallest absolute Gasteiger partial charge is 0.0274 e. The third kappa shape index (κ3) is 1.97. The van der Waals surface area contributed by atoms with E-state index in [-0.39, 0.29) is 0 Å². The molecule has 0 spiro atoms. The number of hydrogen-bond donors (Lipinski definition) is 0. The van der Waals surface area contributed by atoms with E-state index in [1.165, 1.54) is 38.5 Å². The van der Waals surface area contributed by atoms with Gasteiger partial charge in [0.15, 0.2) is 0 Å². The number of rotatable bonds is 4. The Morgan fingerprint density at radius 2 is 1.47 bits per heavy atom. The molecule has 0 amide bonds. The zero-order valence-electron chi connectivity index (χ0n) is 10.9. The van der Waals surface area contributed by atoms with E-state index < -0.39 is 0 Å². The maximum Gasteiger partial charge on any atom is -0.0274 e. The van der Waals surface area contributed by atoms with Crippen molar-refractivity contribution in [2.24, 2.45) is 16.7 Å². The Hall–Kier alpha value is 0. The zero-order valence-corrected chi connectivity index (χ0v) is 10.9. The summed E-state index contributed by atoms with van der Waals surface area (Å²) in [6.07, 6.45) is 13.6. The Kier molecular flexibility index (Phi) is 3.14. The monoisotopic (exact) mass is 208 g/mol. The first kappa shape index (κ1) is 11.5. The average molecular weight is 208 g/mol. The second-order valence-electron chi connectivity index (χ2n) is 6.62. The van der Waals surface area contributed by atoms with Crippen LogP contribution in [0.25, 0.3) is 0 Å². The molecule has 3 rings (SSSR count). The van der Waals surface area contributed by atoms with Gasteiger partial charge in [-0.2, -0.15) is 0 Å². The number of fused-ring (bicyclic) bond motifs is 3. The lowest BCUT2D eigenvalue weighted by Gasteiger charge is -2.56. The van der Waals surface area contributed by atoms with Crippen LogP contribution >= 0.6 is 0 Å². The first-order valence-corrected chi connectivity index (χ1v) is 7.13. The van der Waals surface area contributed by atoms with Crippen molar-refractivity contribution in [2.45, 2.75) is 78.6 Å². The Bertz CT molecular complexity index is 190. The minimum absolute atomic E-state index is 0.758. The summed E-state index contributed by atoms with van der Waals surface area (Å²) in [5.74, 6) is 0.918. The fourth-order valence-corrected chi connectivity index (χ4v) is 4.09. The maximum atomic E-state index is 2.45. The molecule has 0 radical (unpaired) electrons. The van der Waals surface area contributed by atoms with Crippen LogP contribution in [0.4, 0.5) is 0 Å². The quantitative estimate of drug-likeness (QED) is 0.597. The largest absolute Gasteiger partial charge is 0.0654 e. The third-order valence-electron chi connectivity index (χ3n) is 5.75. The summed E-state index contributed by atoms with van der Waals surface area (Å²) in [4.78, 5) is 0. The van der Waals surface area contributed by atoms with Gasteiger partial charge in [-0.1, -0.05) is 33.6 Å². The molecule has 3 saturated carbocycles. The number of unbranched alkanes of at least 4 members (excludes halogenated alkanes) is 1. The predicted octanol–water partition coefficient (Wildman–Crippen LogP) is 5.17. The van der Waals surface area contributed by atoms with Gasteiger partial charge < -0.3 is 0 Å². The fraction of sp³-hybridized carbons (Fsp3) is 1.00. The standard InChI is InChI=1S/C15H28/c1-4-5-6-14-7-10-15(11-8-14,12-9-14)13(2)3/h13H,4-12H2,1-3H3. The Morgan fingerprint density at radius 1 is 0.933 bits per heavy atom. The molecule has 0 nitrogen and oxygen atoms in total. The number of hydrogen-bond acceptors (Lipinski definition) is 0. The van der Waals surface area contributed by atoms with E-state index in [9.17, 15) is 0 Å². The molecular weight excluding hydrogens is 180 g/mol. The topological polar surface area (TPSA) is 0 Å². The van der Waals surface area contributed by atoms with E-state index in [0.717, 1.165) is 16.7 Å². The Labute approximate surface area is 95.8 Å². The van der Waals surface area contributed by atoms with Crippen molar-refractivity contribution < 1.29 is 0 Å². The molecule has 3 aliphatic rings. The maximum absolute atomic E-state index is 2.45. The van der Waals surface area contributed by atoms with Gasteiger partial charge in [0.2, 0.25) is 0 Å². The molecule has 0 atom stereocenters. The molecule has 0 unspecified atom stereocenters. The molecule has 3 aliphatic carbocycles. The molecule has 0 saturated heterocycles. The summed E-state index contributed by atoms with van der Waals surface area (Å²) in [7, 11) is 0. The van der Waals surface area contributed by atoms with Crippen LogP contribution in [0.1, 0.15) is 78.6 Å². The summed E-state index contributed by atoms with van der Waals surface area (Å²) in [5.41, 5.74) is 1.56. The molecule has 0 heteroatoms. The molecule has 0 N–H and O–H groups in total. The highest BCUT2D eigenvalue weighted by molar-refractivity contribution is 5.00. The SMILES string of the molecule is CCCCC12CCC(C(C)C)(CC1)CC2. The van der Waals surface area contributed by atoms with Crippen molar-refractivity contribution in [3.63, 3.8) is 0 Å². The normalized spacial score (nSPS) is 40.0. The highest BCUT2D eigenvalue weighted by Gasteiger charge is 2.48. The van der Waals surface area contributed by atoms with Crippen LogP contribution in [0.2, 0.25) is 0 Å². The minimum Gasteiger partial charge on any atom is -0.0654 e. The summed E-state index contributed by atoms with van der Waals surface area (Å²) >= 11 is 0. The molecule has 0 heterocycles. The molecule has 2 bridgehead atoms. The first-order chi connectivity index (χ1) is 7.13. The van der Waals surface area contributed by atoms with Crippen LogP contribution in [0.3, 0.4) is 0 Å². The van der Waals surface area contributed by atoms with E-state index in [4.69, 9.17) is 0 Å².